The SMILES string of the molecule is C[C@H](O)[C@H](C)N1Cc2c(cc(Cc3ccc(C#N)nc3)c3ccccc23)C1=O. The summed E-state index contributed by atoms with van der Waals surface area (Å²) in [6, 6.07) is 15.5. The highest BCUT2D eigenvalue weighted by molar-refractivity contribution is 6.05. The number of nitriles is 1. The molecule has 2 aromatic carbocycles. The number of aromatic nitrogens is 1. The number of rotatable bonds is 4. The molecule has 4 rings (SSSR count). The third-order valence-corrected chi connectivity index (χ3v) is 5.59. The lowest BCUT2D eigenvalue weighted by molar-refractivity contribution is 0.0480. The lowest BCUT2D eigenvalue weighted by atomic mass is 9.93. The Morgan fingerprint density at radius 1 is 1.21 bits per heavy atom. The summed E-state index contributed by atoms with van der Waals surface area (Å²) in [5.41, 5.74) is 4.17. The van der Waals surface area contributed by atoms with E-state index in [4.69, 9.17) is 5.26 Å². The number of nitrogens with zero attached hydrogens (tertiary/aromatic N) is 3. The summed E-state index contributed by atoms with van der Waals surface area (Å²) in [5.74, 6) is -0.0339. The maximum absolute atomic E-state index is 13.0. The maximum Gasteiger partial charge on any atom is 0.254 e. The molecule has 0 spiro atoms. The monoisotopic (exact) mass is 371 g/mol. The second-order valence-corrected chi connectivity index (χ2v) is 7.36. The van der Waals surface area contributed by atoms with Crippen LogP contribution in [-0.4, -0.2) is 33.0 Å². The lowest BCUT2D eigenvalue weighted by Crippen LogP contribution is -2.40. The zero-order valence-corrected chi connectivity index (χ0v) is 15.9. The Balaban J connectivity index is 1.79. The molecule has 0 bridgehead atoms. The Kier molecular flexibility index (Phi) is 4.58. The quantitative estimate of drug-likeness (QED) is 0.762. The normalized spacial score (nSPS) is 15.4. The molecule has 5 heteroatoms. The summed E-state index contributed by atoms with van der Waals surface area (Å²) in [6.07, 6.45) is 1.75. The van der Waals surface area contributed by atoms with E-state index in [0.717, 1.165) is 27.5 Å². The van der Waals surface area contributed by atoms with Gasteiger partial charge in [-0.2, -0.15) is 5.26 Å². The fourth-order valence-corrected chi connectivity index (χ4v) is 3.82. The molecular weight excluding hydrogens is 350 g/mol. The Morgan fingerprint density at radius 3 is 2.61 bits per heavy atom. The summed E-state index contributed by atoms with van der Waals surface area (Å²) in [4.78, 5) is 18.9. The predicted molar refractivity (Wildman–Crippen MR) is 107 cm³/mol. The van der Waals surface area contributed by atoms with Gasteiger partial charge in [0.1, 0.15) is 11.8 Å². The van der Waals surface area contributed by atoms with E-state index in [1.54, 1.807) is 24.1 Å². The molecule has 2 heterocycles. The molecule has 1 amide bonds. The van der Waals surface area contributed by atoms with Gasteiger partial charge in [0.15, 0.2) is 0 Å². The summed E-state index contributed by atoms with van der Waals surface area (Å²) in [6.45, 7) is 4.10. The second-order valence-electron chi connectivity index (χ2n) is 7.36. The van der Waals surface area contributed by atoms with Gasteiger partial charge in [-0.15, -0.1) is 0 Å². The van der Waals surface area contributed by atoms with E-state index >= 15 is 0 Å². The van der Waals surface area contributed by atoms with Gasteiger partial charge in [0.05, 0.1) is 12.1 Å². The van der Waals surface area contributed by atoms with Crippen molar-refractivity contribution in [2.75, 3.05) is 0 Å². The number of pyridine rings is 1. The van der Waals surface area contributed by atoms with Gasteiger partial charge < -0.3 is 10.0 Å². The number of fused-ring (bicyclic) bond motifs is 3. The summed E-state index contributed by atoms with van der Waals surface area (Å²) < 4.78 is 0. The molecule has 5 nitrogen and oxygen atoms in total. The first-order valence-corrected chi connectivity index (χ1v) is 9.37. The van der Waals surface area contributed by atoms with Crippen LogP contribution >= 0.6 is 0 Å². The van der Waals surface area contributed by atoms with Gasteiger partial charge in [0, 0.05) is 18.3 Å². The van der Waals surface area contributed by atoms with Crippen LogP contribution in [-0.2, 0) is 13.0 Å². The highest BCUT2D eigenvalue weighted by atomic mass is 16.3. The number of aliphatic hydroxyl groups excluding tert-OH is 1. The van der Waals surface area contributed by atoms with Crippen molar-refractivity contribution in [3.63, 3.8) is 0 Å². The van der Waals surface area contributed by atoms with Gasteiger partial charge in [-0.25, -0.2) is 4.98 Å². The first kappa shape index (κ1) is 18.1. The third-order valence-electron chi connectivity index (χ3n) is 5.59. The van der Waals surface area contributed by atoms with Gasteiger partial charge in [0.25, 0.3) is 5.91 Å². The molecule has 0 fully saturated rings. The van der Waals surface area contributed by atoms with Crippen molar-refractivity contribution >= 4 is 16.7 Å². The van der Waals surface area contributed by atoms with E-state index in [0.29, 0.717) is 24.2 Å². The van der Waals surface area contributed by atoms with E-state index in [1.165, 1.54) is 0 Å². The van der Waals surface area contributed by atoms with Crippen LogP contribution < -0.4 is 0 Å². The fourth-order valence-electron chi connectivity index (χ4n) is 3.82. The van der Waals surface area contributed by atoms with Crippen LogP contribution in [0.3, 0.4) is 0 Å². The zero-order valence-electron chi connectivity index (χ0n) is 15.9. The van der Waals surface area contributed by atoms with Crippen molar-refractivity contribution in [1.82, 2.24) is 9.88 Å². The van der Waals surface area contributed by atoms with E-state index in [-0.39, 0.29) is 11.9 Å². The largest absolute Gasteiger partial charge is 0.391 e. The first-order chi connectivity index (χ1) is 13.5. The third kappa shape index (κ3) is 3.02. The molecule has 3 aromatic rings. The van der Waals surface area contributed by atoms with Gasteiger partial charge in [-0.3, -0.25) is 4.79 Å². The molecule has 28 heavy (non-hydrogen) atoms. The molecule has 0 aliphatic carbocycles. The predicted octanol–water partition coefficient (Wildman–Crippen LogP) is 3.42. The van der Waals surface area contributed by atoms with Gasteiger partial charge in [-0.05, 0) is 59.9 Å². The molecule has 140 valence electrons. The van der Waals surface area contributed by atoms with E-state index in [9.17, 15) is 9.90 Å². The molecule has 1 N–H and O–H groups in total. The van der Waals surface area contributed by atoms with E-state index in [2.05, 4.69) is 17.1 Å². The second kappa shape index (κ2) is 7.06. The lowest BCUT2D eigenvalue weighted by Gasteiger charge is -2.26. The van der Waals surface area contributed by atoms with Gasteiger partial charge in [-0.1, -0.05) is 30.3 Å². The highest BCUT2D eigenvalue weighted by Gasteiger charge is 2.34. The average molecular weight is 371 g/mol. The van der Waals surface area contributed by atoms with Crippen molar-refractivity contribution in [3.05, 3.63) is 76.6 Å². The van der Waals surface area contributed by atoms with Crippen LogP contribution in [0, 0.1) is 11.3 Å². The summed E-state index contributed by atoms with van der Waals surface area (Å²) in [7, 11) is 0. The van der Waals surface area contributed by atoms with Crippen molar-refractivity contribution in [2.24, 2.45) is 0 Å². The Labute approximate surface area is 163 Å². The molecule has 0 saturated carbocycles. The number of hydrogen-bond acceptors (Lipinski definition) is 4. The smallest absolute Gasteiger partial charge is 0.254 e. The van der Waals surface area contributed by atoms with Crippen molar-refractivity contribution < 1.29 is 9.90 Å². The minimum absolute atomic E-state index is 0.0339. The minimum Gasteiger partial charge on any atom is -0.391 e. The molecule has 0 unspecified atom stereocenters. The minimum atomic E-state index is -0.589. The molecule has 2 atom stereocenters. The van der Waals surface area contributed by atoms with Crippen LogP contribution in [0.2, 0.25) is 0 Å². The van der Waals surface area contributed by atoms with E-state index < -0.39 is 6.10 Å². The van der Waals surface area contributed by atoms with Gasteiger partial charge >= 0.3 is 0 Å². The Hall–Kier alpha value is -3.23. The van der Waals surface area contributed by atoms with Crippen molar-refractivity contribution in [1.29, 1.82) is 5.26 Å². The molecule has 0 saturated heterocycles. The number of aliphatic hydroxyl groups is 1. The molecule has 0 radical (unpaired) electrons. The van der Waals surface area contributed by atoms with E-state index in [1.807, 2.05) is 37.3 Å². The van der Waals surface area contributed by atoms with Crippen molar-refractivity contribution in [2.45, 2.75) is 39.0 Å². The Bertz CT molecular complexity index is 1100. The molecule has 1 aromatic heterocycles. The average Bonchev–Trinajstić information content (AvgIpc) is 3.04. The number of benzene rings is 2. The highest BCUT2D eigenvalue weighted by Crippen LogP contribution is 2.35. The first-order valence-electron chi connectivity index (χ1n) is 9.37. The molecule has 1 aliphatic heterocycles. The van der Waals surface area contributed by atoms with Crippen LogP contribution in [0.5, 0.6) is 0 Å². The zero-order chi connectivity index (χ0) is 19.8. The summed E-state index contributed by atoms with van der Waals surface area (Å²) >= 11 is 0. The van der Waals surface area contributed by atoms with Gasteiger partial charge in [0.2, 0.25) is 0 Å². The Morgan fingerprint density at radius 2 is 1.96 bits per heavy atom. The fraction of sp³-hybridized carbons (Fsp3) is 0.261. The number of hydrogen-bond donors (Lipinski definition) is 1. The van der Waals surface area contributed by atoms with Crippen molar-refractivity contribution in [3.8, 4) is 6.07 Å². The van der Waals surface area contributed by atoms with Crippen LogP contribution in [0.25, 0.3) is 10.8 Å². The molecular formula is C23H21N3O2. The van der Waals surface area contributed by atoms with Crippen LogP contribution in [0.15, 0.2) is 48.7 Å². The number of amides is 1. The topological polar surface area (TPSA) is 77.2 Å². The number of carbonyl (C=O) groups is 1. The maximum atomic E-state index is 13.0. The van der Waals surface area contributed by atoms with Crippen LogP contribution in [0.1, 0.15) is 46.6 Å². The number of carbonyl (C=O) groups excluding carboxylic acids is 1. The molecule has 1 aliphatic rings. The summed E-state index contributed by atoms with van der Waals surface area (Å²) in [5, 5.41) is 21.1. The van der Waals surface area contributed by atoms with Crippen LogP contribution in [0.4, 0.5) is 0 Å². The standard InChI is InChI=1S/C23H21N3O2/c1-14(15(2)27)26-13-22-20-6-4-3-5-19(20)17(10-21(22)23(26)28)9-16-7-8-18(11-24)25-12-16/h3-8,10,12,14-15,27H,9,13H2,1-2H3/t14-,15-/m0/s1.